The fourth-order valence-corrected chi connectivity index (χ4v) is 2.81. The summed E-state index contributed by atoms with van der Waals surface area (Å²) in [5, 5.41) is 8.08. The molecule has 2 N–H and O–H groups in total. The lowest BCUT2D eigenvalue weighted by Crippen LogP contribution is -2.47. The van der Waals surface area contributed by atoms with Crippen molar-refractivity contribution in [1.29, 1.82) is 0 Å². The van der Waals surface area contributed by atoms with E-state index in [4.69, 9.17) is 17.3 Å². The molecule has 1 aliphatic rings. The van der Waals surface area contributed by atoms with Gasteiger partial charge in [0.2, 0.25) is 0 Å². The molecule has 2 heterocycles. The highest BCUT2D eigenvalue weighted by molar-refractivity contribution is 6.29. The molecular formula is C15H15ClF3N5. The molecule has 1 saturated heterocycles. The number of alkyl halides is 3. The summed E-state index contributed by atoms with van der Waals surface area (Å²) < 4.78 is 39.7. The average molecular weight is 358 g/mol. The van der Waals surface area contributed by atoms with Crippen molar-refractivity contribution in [2.75, 3.05) is 41.7 Å². The van der Waals surface area contributed by atoms with Gasteiger partial charge in [0.05, 0.1) is 5.56 Å². The molecule has 5 nitrogen and oxygen atoms in total. The van der Waals surface area contributed by atoms with Crippen molar-refractivity contribution in [3.63, 3.8) is 0 Å². The highest BCUT2D eigenvalue weighted by atomic mass is 35.5. The molecule has 0 unspecified atom stereocenters. The van der Waals surface area contributed by atoms with Crippen LogP contribution in [0, 0.1) is 0 Å². The molecular weight excluding hydrogens is 343 g/mol. The summed E-state index contributed by atoms with van der Waals surface area (Å²) in [6, 6.07) is 7.28. The van der Waals surface area contributed by atoms with Crippen molar-refractivity contribution in [1.82, 2.24) is 10.2 Å². The van der Waals surface area contributed by atoms with Gasteiger partial charge in [0.25, 0.3) is 0 Å². The molecule has 1 aromatic carbocycles. The maximum Gasteiger partial charge on any atom is 0.418 e. The number of hydrogen-bond donors (Lipinski definition) is 1. The first kappa shape index (κ1) is 16.6. The molecule has 0 atom stereocenters. The van der Waals surface area contributed by atoms with Crippen LogP contribution in [0.3, 0.4) is 0 Å². The molecule has 1 aliphatic heterocycles. The Morgan fingerprint density at radius 3 is 2.21 bits per heavy atom. The van der Waals surface area contributed by atoms with Crippen molar-refractivity contribution >= 4 is 28.8 Å². The second kappa shape index (κ2) is 6.35. The molecule has 3 rings (SSSR count). The number of nitrogen functional groups attached to an aromatic ring is 1. The minimum absolute atomic E-state index is 0.0983. The third-order valence-electron chi connectivity index (χ3n) is 3.89. The van der Waals surface area contributed by atoms with E-state index in [-0.39, 0.29) is 11.4 Å². The van der Waals surface area contributed by atoms with Crippen LogP contribution in [-0.4, -0.2) is 36.4 Å². The zero-order valence-electron chi connectivity index (χ0n) is 12.6. The summed E-state index contributed by atoms with van der Waals surface area (Å²) in [5.41, 5.74) is 5.05. The maximum atomic E-state index is 13.2. The smallest absolute Gasteiger partial charge is 0.399 e. The van der Waals surface area contributed by atoms with E-state index in [2.05, 4.69) is 10.2 Å². The molecule has 0 radical (unpaired) electrons. The minimum atomic E-state index is -4.44. The molecule has 24 heavy (non-hydrogen) atoms. The number of rotatable bonds is 2. The van der Waals surface area contributed by atoms with Crippen LogP contribution < -0.4 is 15.5 Å². The van der Waals surface area contributed by atoms with Gasteiger partial charge >= 0.3 is 6.18 Å². The van der Waals surface area contributed by atoms with E-state index in [0.29, 0.717) is 37.1 Å². The third kappa shape index (κ3) is 3.48. The second-order valence-electron chi connectivity index (χ2n) is 5.46. The normalized spacial score (nSPS) is 15.7. The van der Waals surface area contributed by atoms with Gasteiger partial charge in [-0.2, -0.15) is 13.2 Å². The highest BCUT2D eigenvalue weighted by Gasteiger charge is 2.35. The topological polar surface area (TPSA) is 58.3 Å². The Kier molecular flexibility index (Phi) is 4.40. The Hall–Kier alpha value is -2.22. The second-order valence-corrected chi connectivity index (χ2v) is 5.85. The van der Waals surface area contributed by atoms with Crippen LogP contribution in [0.25, 0.3) is 0 Å². The van der Waals surface area contributed by atoms with Crippen molar-refractivity contribution in [3.05, 3.63) is 41.0 Å². The van der Waals surface area contributed by atoms with Gasteiger partial charge < -0.3 is 15.5 Å². The zero-order chi connectivity index (χ0) is 17.3. The summed E-state index contributed by atoms with van der Waals surface area (Å²) >= 11 is 5.71. The van der Waals surface area contributed by atoms with Crippen molar-refractivity contribution in [2.45, 2.75) is 6.18 Å². The van der Waals surface area contributed by atoms with Gasteiger partial charge in [-0.15, -0.1) is 10.2 Å². The fraction of sp³-hybridized carbons (Fsp3) is 0.333. The first-order valence-corrected chi connectivity index (χ1v) is 7.68. The summed E-state index contributed by atoms with van der Waals surface area (Å²) in [6.45, 7) is 1.96. The summed E-state index contributed by atoms with van der Waals surface area (Å²) in [4.78, 5) is 3.67. The monoisotopic (exact) mass is 357 g/mol. The number of nitrogens with zero attached hydrogens (tertiary/aromatic N) is 4. The van der Waals surface area contributed by atoms with Crippen LogP contribution in [0.2, 0.25) is 5.15 Å². The molecule has 1 aromatic heterocycles. The van der Waals surface area contributed by atoms with Gasteiger partial charge in [0.15, 0.2) is 11.0 Å². The Bertz CT molecular complexity index is 712. The van der Waals surface area contributed by atoms with E-state index in [1.807, 2.05) is 4.90 Å². The lowest BCUT2D eigenvalue weighted by molar-refractivity contribution is -0.137. The van der Waals surface area contributed by atoms with Gasteiger partial charge in [-0.05, 0) is 30.3 Å². The van der Waals surface area contributed by atoms with Crippen molar-refractivity contribution < 1.29 is 13.2 Å². The number of halogens is 4. The van der Waals surface area contributed by atoms with E-state index in [9.17, 15) is 13.2 Å². The number of aromatic nitrogens is 2. The standard InChI is InChI=1S/C15H15ClF3N5/c16-13-3-4-14(22-21-13)24-7-5-23(6-8-24)12-2-1-10(20)9-11(12)15(17,18)19/h1-4,9H,5-8,20H2. The van der Waals surface area contributed by atoms with Gasteiger partial charge in [-0.3, -0.25) is 0 Å². The van der Waals surface area contributed by atoms with Crippen LogP contribution >= 0.6 is 11.6 Å². The Balaban J connectivity index is 1.76. The number of nitrogens with two attached hydrogens (primary N) is 1. The van der Waals surface area contributed by atoms with Crippen LogP contribution in [0.15, 0.2) is 30.3 Å². The molecule has 0 bridgehead atoms. The Labute approximate surface area is 141 Å². The molecule has 0 spiro atoms. The van der Waals surface area contributed by atoms with E-state index >= 15 is 0 Å². The summed E-state index contributed by atoms with van der Waals surface area (Å²) in [6.07, 6.45) is -4.44. The zero-order valence-corrected chi connectivity index (χ0v) is 13.3. The lowest BCUT2D eigenvalue weighted by Gasteiger charge is -2.37. The molecule has 1 fully saturated rings. The Morgan fingerprint density at radius 1 is 0.958 bits per heavy atom. The number of benzene rings is 1. The molecule has 128 valence electrons. The van der Waals surface area contributed by atoms with E-state index in [1.165, 1.54) is 12.1 Å². The first-order chi connectivity index (χ1) is 11.3. The van der Waals surface area contributed by atoms with E-state index < -0.39 is 11.7 Å². The molecule has 9 heteroatoms. The van der Waals surface area contributed by atoms with E-state index in [0.717, 1.165) is 6.07 Å². The first-order valence-electron chi connectivity index (χ1n) is 7.30. The van der Waals surface area contributed by atoms with Gasteiger partial charge in [-0.25, -0.2) is 0 Å². The maximum absolute atomic E-state index is 13.2. The number of piperazine rings is 1. The number of anilines is 3. The van der Waals surface area contributed by atoms with Crippen LogP contribution in [-0.2, 0) is 6.18 Å². The molecule has 0 amide bonds. The predicted molar refractivity (Wildman–Crippen MR) is 87.3 cm³/mol. The van der Waals surface area contributed by atoms with Crippen molar-refractivity contribution in [3.8, 4) is 0 Å². The number of hydrogen-bond acceptors (Lipinski definition) is 5. The van der Waals surface area contributed by atoms with E-state index in [1.54, 1.807) is 17.0 Å². The highest BCUT2D eigenvalue weighted by Crippen LogP contribution is 2.38. The van der Waals surface area contributed by atoms with Crippen molar-refractivity contribution in [2.24, 2.45) is 0 Å². The van der Waals surface area contributed by atoms with Crippen LogP contribution in [0.4, 0.5) is 30.4 Å². The summed E-state index contributed by atoms with van der Waals surface area (Å²) in [5.74, 6) is 0.660. The molecule has 0 aliphatic carbocycles. The Morgan fingerprint density at radius 2 is 1.62 bits per heavy atom. The minimum Gasteiger partial charge on any atom is -0.399 e. The quantitative estimate of drug-likeness (QED) is 0.837. The third-order valence-corrected chi connectivity index (χ3v) is 4.09. The van der Waals surface area contributed by atoms with Crippen LogP contribution in [0.5, 0.6) is 0 Å². The predicted octanol–water partition coefficient (Wildman–Crippen LogP) is 3.06. The van der Waals surface area contributed by atoms with Gasteiger partial charge in [-0.1, -0.05) is 11.6 Å². The average Bonchev–Trinajstić information content (AvgIpc) is 2.55. The molecule has 2 aromatic rings. The largest absolute Gasteiger partial charge is 0.418 e. The van der Waals surface area contributed by atoms with Crippen LogP contribution in [0.1, 0.15) is 5.56 Å². The SMILES string of the molecule is Nc1ccc(N2CCN(c3ccc(Cl)nn3)CC2)c(C(F)(F)F)c1. The molecule has 0 saturated carbocycles. The van der Waals surface area contributed by atoms with Gasteiger partial charge in [0, 0.05) is 37.6 Å². The lowest BCUT2D eigenvalue weighted by atomic mass is 10.1. The fourth-order valence-electron chi connectivity index (χ4n) is 2.71. The summed E-state index contributed by atoms with van der Waals surface area (Å²) in [7, 11) is 0. The van der Waals surface area contributed by atoms with Gasteiger partial charge in [0.1, 0.15) is 0 Å².